The Balaban J connectivity index is 1.35. The number of nitrogens with one attached hydrogen (secondary N) is 2. The first kappa shape index (κ1) is 19.2. The standard InChI is InChI=1S/C19H32N4O3/c1-13-16(14(2)26-22-13)7-10-20-19(25)21-15-8-11-23(12-9-15)17-5-3-4-6-18(17)24/h15,17-18,24H,3-12H2,1-2H3,(H2,20,21,25)/t17-,18+/m0/s1. The van der Waals surface area contributed by atoms with Gasteiger partial charge < -0.3 is 20.3 Å². The normalized spacial score (nSPS) is 25.2. The Labute approximate surface area is 155 Å². The third-order valence-electron chi connectivity index (χ3n) is 5.87. The monoisotopic (exact) mass is 364 g/mol. The van der Waals surface area contributed by atoms with Crippen LogP contribution in [0, 0.1) is 13.8 Å². The van der Waals surface area contributed by atoms with Gasteiger partial charge in [0, 0.05) is 37.3 Å². The van der Waals surface area contributed by atoms with Crippen LogP contribution in [0.5, 0.6) is 0 Å². The van der Waals surface area contributed by atoms with E-state index in [9.17, 15) is 9.90 Å². The topological polar surface area (TPSA) is 90.6 Å². The minimum absolute atomic E-state index is 0.104. The molecule has 1 saturated heterocycles. The van der Waals surface area contributed by atoms with Gasteiger partial charge >= 0.3 is 6.03 Å². The number of likely N-dealkylation sites (tertiary alicyclic amines) is 1. The molecule has 3 N–H and O–H groups in total. The zero-order valence-electron chi connectivity index (χ0n) is 16.0. The average Bonchev–Trinajstić information content (AvgIpc) is 2.95. The number of aromatic nitrogens is 1. The molecule has 2 amide bonds. The van der Waals surface area contributed by atoms with Gasteiger partial charge in [-0.3, -0.25) is 4.90 Å². The van der Waals surface area contributed by atoms with Crippen LogP contribution in [-0.4, -0.2) is 59.0 Å². The van der Waals surface area contributed by atoms with E-state index in [2.05, 4.69) is 20.7 Å². The van der Waals surface area contributed by atoms with Crippen LogP contribution in [0.4, 0.5) is 4.79 Å². The van der Waals surface area contributed by atoms with Crippen molar-refractivity contribution in [2.45, 2.75) is 77.0 Å². The molecule has 2 aliphatic rings. The number of amides is 2. The Morgan fingerprint density at radius 3 is 2.62 bits per heavy atom. The molecular weight excluding hydrogens is 332 g/mol. The summed E-state index contributed by atoms with van der Waals surface area (Å²) >= 11 is 0. The average molecular weight is 364 g/mol. The maximum atomic E-state index is 12.1. The van der Waals surface area contributed by atoms with E-state index < -0.39 is 0 Å². The fraction of sp³-hybridized carbons (Fsp3) is 0.789. The quantitative estimate of drug-likeness (QED) is 0.742. The second kappa shape index (κ2) is 8.86. The van der Waals surface area contributed by atoms with Crippen molar-refractivity contribution in [2.75, 3.05) is 19.6 Å². The first-order chi connectivity index (χ1) is 12.5. The van der Waals surface area contributed by atoms with Crippen LogP contribution in [0.25, 0.3) is 0 Å². The summed E-state index contributed by atoms with van der Waals surface area (Å²) in [5.74, 6) is 0.821. The molecule has 0 unspecified atom stereocenters. The molecule has 146 valence electrons. The number of urea groups is 1. The molecule has 0 spiro atoms. The van der Waals surface area contributed by atoms with Gasteiger partial charge in [0.25, 0.3) is 0 Å². The van der Waals surface area contributed by atoms with Crippen LogP contribution in [0.2, 0.25) is 0 Å². The van der Waals surface area contributed by atoms with Crippen LogP contribution in [0.15, 0.2) is 4.52 Å². The van der Waals surface area contributed by atoms with E-state index in [-0.39, 0.29) is 18.2 Å². The van der Waals surface area contributed by atoms with Crippen molar-refractivity contribution < 1.29 is 14.4 Å². The second-order valence-electron chi connectivity index (χ2n) is 7.68. The largest absolute Gasteiger partial charge is 0.391 e. The SMILES string of the molecule is Cc1noc(C)c1CCNC(=O)NC1CCN([C@H]2CCCC[C@H]2O)CC1. The zero-order chi connectivity index (χ0) is 18.5. The van der Waals surface area contributed by atoms with Crippen molar-refractivity contribution in [3.63, 3.8) is 0 Å². The lowest BCUT2D eigenvalue weighted by molar-refractivity contribution is 0.00777. The number of piperidine rings is 1. The Hall–Kier alpha value is -1.60. The van der Waals surface area contributed by atoms with Crippen molar-refractivity contribution in [3.8, 4) is 0 Å². The van der Waals surface area contributed by atoms with E-state index in [0.717, 1.165) is 68.6 Å². The van der Waals surface area contributed by atoms with Crippen LogP contribution < -0.4 is 10.6 Å². The molecule has 7 nitrogen and oxygen atoms in total. The third-order valence-corrected chi connectivity index (χ3v) is 5.87. The zero-order valence-corrected chi connectivity index (χ0v) is 16.0. The summed E-state index contributed by atoms with van der Waals surface area (Å²) in [6.07, 6.45) is 6.82. The van der Waals surface area contributed by atoms with Gasteiger partial charge in [0.05, 0.1) is 11.8 Å². The molecule has 3 rings (SSSR count). The molecule has 0 aromatic carbocycles. The molecule has 1 aliphatic carbocycles. The Kier molecular flexibility index (Phi) is 6.53. The predicted molar refractivity (Wildman–Crippen MR) is 99.1 cm³/mol. The summed E-state index contributed by atoms with van der Waals surface area (Å²) in [6.45, 7) is 6.29. The van der Waals surface area contributed by atoms with Gasteiger partial charge in [0.1, 0.15) is 5.76 Å². The molecule has 0 radical (unpaired) electrons. The van der Waals surface area contributed by atoms with E-state index in [1.165, 1.54) is 6.42 Å². The van der Waals surface area contributed by atoms with Gasteiger partial charge in [-0.2, -0.15) is 0 Å². The van der Waals surface area contributed by atoms with Gasteiger partial charge in [-0.1, -0.05) is 18.0 Å². The lowest BCUT2D eigenvalue weighted by Crippen LogP contribution is -2.53. The number of hydrogen-bond acceptors (Lipinski definition) is 5. The number of carbonyl (C=O) groups excluding carboxylic acids is 1. The highest BCUT2D eigenvalue weighted by atomic mass is 16.5. The summed E-state index contributed by atoms with van der Waals surface area (Å²) in [5.41, 5.74) is 1.96. The van der Waals surface area contributed by atoms with Crippen molar-refractivity contribution >= 4 is 6.03 Å². The molecule has 2 heterocycles. The van der Waals surface area contributed by atoms with Crippen LogP contribution in [0.1, 0.15) is 55.5 Å². The summed E-state index contributed by atoms with van der Waals surface area (Å²) in [7, 11) is 0. The Morgan fingerprint density at radius 2 is 1.96 bits per heavy atom. The molecule has 7 heteroatoms. The number of carbonyl (C=O) groups is 1. The first-order valence-corrected chi connectivity index (χ1v) is 9.93. The van der Waals surface area contributed by atoms with E-state index in [0.29, 0.717) is 12.6 Å². The predicted octanol–water partition coefficient (Wildman–Crippen LogP) is 1.90. The van der Waals surface area contributed by atoms with Crippen molar-refractivity contribution in [2.24, 2.45) is 0 Å². The fourth-order valence-corrected chi connectivity index (χ4v) is 4.29. The van der Waals surface area contributed by atoms with Gasteiger partial charge in [-0.25, -0.2) is 4.79 Å². The Morgan fingerprint density at radius 1 is 1.23 bits per heavy atom. The minimum Gasteiger partial charge on any atom is -0.391 e. The molecule has 2 fully saturated rings. The van der Waals surface area contributed by atoms with Gasteiger partial charge in [0.2, 0.25) is 0 Å². The van der Waals surface area contributed by atoms with Crippen LogP contribution in [0.3, 0.4) is 0 Å². The van der Waals surface area contributed by atoms with Gasteiger partial charge in [0.15, 0.2) is 0 Å². The molecule has 1 aromatic heterocycles. The van der Waals surface area contributed by atoms with Crippen molar-refractivity contribution in [1.29, 1.82) is 0 Å². The summed E-state index contributed by atoms with van der Waals surface area (Å²) in [6, 6.07) is 0.424. The highest BCUT2D eigenvalue weighted by Gasteiger charge is 2.31. The summed E-state index contributed by atoms with van der Waals surface area (Å²) in [5, 5.41) is 20.2. The first-order valence-electron chi connectivity index (χ1n) is 9.93. The highest BCUT2D eigenvalue weighted by molar-refractivity contribution is 5.74. The van der Waals surface area contributed by atoms with E-state index in [4.69, 9.17) is 4.52 Å². The van der Waals surface area contributed by atoms with Crippen molar-refractivity contribution in [1.82, 2.24) is 20.7 Å². The second-order valence-corrected chi connectivity index (χ2v) is 7.68. The third kappa shape index (κ3) is 4.76. The van der Waals surface area contributed by atoms with E-state index in [1.807, 2.05) is 13.8 Å². The lowest BCUT2D eigenvalue weighted by Gasteiger charge is -2.41. The highest BCUT2D eigenvalue weighted by Crippen LogP contribution is 2.25. The number of nitrogens with zero attached hydrogens (tertiary/aromatic N) is 2. The maximum Gasteiger partial charge on any atom is 0.315 e. The molecule has 2 atom stereocenters. The lowest BCUT2D eigenvalue weighted by atomic mass is 9.89. The van der Waals surface area contributed by atoms with Gasteiger partial charge in [-0.15, -0.1) is 0 Å². The Bertz CT molecular complexity index is 576. The number of aryl methyl sites for hydroxylation is 2. The molecule has 1 aliphatic heterocycles. The van der Waals surface area contributed by atoms with Gasteiger partial charge in [-0.05, 0) is 46.0 Å². The van der Waals surface area contributed by atoms with Crippen LogP contribution in [-0.2, 0) is 6.42 Å². The summed E-state index contributed by atoms with van der Waals surface area (Å²) < 4.78 is 5.14. The minimum atomic E-state index is -0.180. The smallest absolute Gasteiger partial charge is 0.315 e. The molecule has 26 heavy (non-hydrogen) atoms. The molecule has 1 aromatic rings. The molecule has 1 saturated carbocycles. The number of aliphatic hydroxyl groups excluding tert-OH is 1. The molecular formula is C19H32N4O3. The molecule has 0 bridgehead atoms. The van der Waals surface area contributed by atoms with E-state index in [1.54, 1.807) is 0 Å². The van der Waals surface area contributed by atoms with Crippen molar-refractivity contribution in [3.05, 3.63) is 17.0 Å². The summed E-state index contributed by atoms with van der Waals surface area (Å²) in [4.78, 5) is 14.5. The fourth-order valence-electron chi connectivity index (χ4n) is 4.29. The number of rotatable bonds is 5. The maximum absolute atomic E-state index is 12.1. The number of hydrogen-bond donors (Lipinski definition) is 3. The van der Waals surface area contributed by atoms with E-state index >= 15 is 0 Å². The number of aliphatic hydroxyl groups is 1. The van der Waals surface area contributed by atoms with Crippen LogP contribution >= 0.6 is 0 Å².